The minimum atomic E-state index is -3.92. The number of nitrogens with zero attached hydrogens (tertiary/aromatic N) is 2. The third-order valence-corrected chi connectivity index (χ3v) is 7.24. The fraction of sp³-hybridized carbons (Fsp3) is 0. The predicted octanol–water partition coefficient (Wildman–Crippen LogP) is 5.41. The number of sulfonamides is 1. The molecule has 5 aromatic rings. The predicted molar refractivity (Wildman–Crippen MR) is 130 cm³/mol. The Morgan fingerprint density at radius 3 is 2.26 bits per heavy atom. The molecule has 8 nitrogen and oxygen atoms in total. The zero-order valence-corrected chi connectivity index (χ0v) is 19.2. The average molecular weight is 491 g/mol. The van der Waals surface area contributed by atoms with Gasteiger partial charge in [-0.1, -0.05) is 42.5 Å². The largest absolute Gasteiger partial charge is 0.506 e. The summed E-state index contributed by atoms with van der Waals surface area (Å²) in [6, 6.07) is 24.0. The number of phenolic OH excluding ortho intramolecular Hbond substituents is 1. The highest BCUT2D eigenvalue weighted by atomic mass is 32.2. The molecule has 0 amide bonds. The van der Waals surface area contributed by atoms with E-state index in [-0.39, 0.29) is 10.6 Å². The Hall–Kier alpha value is -4.02. The molecular formula is C24H18N4O4S2. The lowest BCUT2D eigenvalue weighted by Crippen LogP contribution is -2.13. The first-order valence-corrected chi connectivity index (χ1v) is 12.4. The summed E-state index contributed by atoms with van der Waals surface area (Å²) in [5.74, 6) is 1.21. The number of aromatic amines is 1. The Labute approximate surface area is 199 Å². The number of ether oxygens (including phenoxy) is 1. The summed E-state index contributed by atoms with van der Waals surface area (Å²) in [5, 5.41) is 18.8. The molecule has 1 aromatic heterocycles. The molecule has 0 atom stereocenters. The number of aromatic nitrogens is 3. The number of hydrogen-bond donors (Lipinski definition) is 3. The summed E-state index contributed by atoms with van der Waals surface area (Å²) in [4.78, 5) is 4.57. The van der Waals surface area contributed by atoms with Crippen molar-refractivity contribution in [3.8, 4) is 17.2 Å². The van der Waals surface area contributed by atoms with Crippen LogP contribution in [0.25, 0.3) is 10.8 Å². The molecule has 0 bridgehead atoms. The molecule has 0 radical (unpaired) electrons. The second-order valence-corrected chi connectivity index (χ2v) is 9.91. The van der Waals surface area contributed by atoms with Crippen molar-refractivity contribution in [2.75, 3.05) is 4.72 Å². The number of nitrogens with one attached hydrogen (secondary N) is 2. The average Bonchev–Trinajstić information content (AvgIpc) is 3.36. The van der Waals surface area contributed by atoms with Crippen molar-refractivity contribution >= 4 is 38.2 Å². The summed E-state index contributed by atoms with van der Waals surface area (Å²) >= 11 is 1.14. The minimum absolute atomic E-state index is 0.0300. The fourth-order valence-electron chi connectivity index (χ4n) is 3.36. The maximum atomic E-state index is 13.2. The maximum Gasteiger partial charge on any atom is 0.261 e. The van der Waals surface area contributed by atoms with Gasteiger partial charge >= 0.3 is 0 Å². The summed E-state index contributed by atoms with van der Waals surface area (Å²) in [7, 11) is -3.92. The summed E-state index contributed by atoms with van der Waals surface area (Å²) in [6.45, 7) is 0. The molecule has 0 unspecified atom stereocenters. The summed E-state index contributed by atoms with van der Waals surface area (Å²) in [5.41, 5.74) is 0.333. The van der Waals surface area contributed by atoms with Crippen LogP contribution in [0.3, 0.4) is 0 Å². The number of hydrogen-bond acceptors (Lipinski definition) is 7. The van der Waals surface area contributed by atoms with E-state index >= 15 is 0 Å². The third kappa shape index (κ3) is 4.54. The van der Waals surface area contributed by atoms with E-state index in [1.165, 1.54) is 18.5 Å². The first kappa shape index (κ1) is 21.8. The quantitative estimate of drug-likeness (QED) is 0.261. The van der Waals surface area contributed by atoms with Crippen LogP contribution in [-0.4, -0.2) is 28.7 Å². The molecule has 0 aliphatic rings. The number of phenols is 1. The van der Waals surface area contributed by atoms with Gasteiger partial charge in [-0.25, -0.2) is 13.4 Å². The number of anilines is 1. The normalized spacial score (nSPS) is 11.4. The molecule has 5 rings (SSSR count). The third-order valence-electron chi connectivity index (χ3n) is 4.94. The van der Waals surface area contributed by atoms with E-state index in [2.05, 4.69) is 19.9 Å². The van der Waals surface area contributed by atoms with Gasteiger partial charge in [-0.3, -0.25) is 9.82 Å². The van der Waals surface area contributed by atoms with Crippen LogP contribution < -0.4 is 9.46 Å². The zero-order valence-electron chi connectivity index (χ0n) is 17.5. The number of rotatable bonds is 7. The molecule has 0 aliphatic carbocycles. The van der Waals surface area contributed by atoms with Crippen LogP contribution in [-0.2, 0) is 10.0 Å². The monoisotopic (exact) mass is 490 g/mol. The molecule has 0 aliphatic heterocycles. The SMILES string of the molecule is O=S(=O)(Nc1cc(Sc2ncn[nH]2)c(O)c2ccccc12)c1ccc(Oc2ccccc2)cc1. The maximum absolute atomic E-state index is 13.2. The second kappa shape index (κ2) is 9.08. The number of benzene rings is 4. The number of fused-ring (bicyclic) bond motifs is 1. The van der Waals surface area contributed by atoms with Crippen molar-refractivity contribution in [2.24, 2.45) is 0 Å². The minimum Gasteiger partial charge on any atom is -0.506 e. The van der Waals surface area contributed by atoms with Crippen LogP contribution in [0.5, 0.6) is 17.2 Å². The smallest absolute Gasteiger partial charge is 0.261 e. The molecule has 1 heterocycles. The van der Waals surface area contributed by atoms with Gasteiger partial charge in [-0.05, 0) is 54.2 Å². The Morgan fingerprint density at radius 2 is 1.56 bits per heavy atom. The molecule has 170 valence electrons. The lowest BCUT2D eigenvalue weighted by atomic mass is 10.1. The Morgan fingerprint density at radius 1 is 0.882 bits per heavy atom. The van der Waals surface area contributed by atoms with Gasteiger partial charge in [0.05, 0.1) is 15.5 Å². The summed E-state index contributed by atoms with van der Waals surface area (Å²) in [6.07, 6.45) is 1.36. The Bertz CT molecular complexity index is 1540. The van der Waals surface area contributed by atoms with Gasteiger partial charge < -0.3 is 9.84 Å². The molecule has 0 spiro atoms. The Kier molecular flexibility index (Phi) is 5.83. The van der Waals surface area contributed by atoms with Gasteiger partial charge in [-0.2, -0.15) is 5.10 Å². The lowest BCUT2D eigenvalue weighted by Gasteiger charge is -2.14. The van der Waals surface area contributed by atoms with Crippen LogP contribution in [0.1, 0.15) is 0 Å². The van der Waals surface area contributed by atoms with Crippen molar-refractivity contribution in [1.29, 1.82) is 0 Å². The van der Waals surface area contributed by atoms with E-state index < -0.39 is 10.0 Å². The van der Waals surface area contributed by atoms with Crippen molar-refractivity contribution in [3.05, 3.63) is 91.3 Å². The highest BCUT2D eigenvalue weighted by Crippen LogP contribution is 2.42. The lowest BCUT2D eigenvalue weighted by molar-refractivity contribution is 0.469. The van der Waals surface area contributed by atoms with E-state index in [9.17, 15) is 13.5 Å². The van der Waals surface area contributed by atoms with E-state index in [0.29, 0.717) is 38.0 Å². The van der Waals surface area contributed by atoms with E-state index in [4.69, 9.17) is 4.74 Å². The van der Waals surface area contributed by atoms with E-state index in [1.807, 2.05) is 30.3 Å². The molecule has 0 saturated heterocycles. The van der Waals surface area contributed by atoms with E-state index in [0.717, 1.165) is 11.8 Å². The topological polar surface area (TPSA) is 117 Å². The van der Waals surface area contributed by atoms with Gasteiger partial charge in [0.25, 0.3) is 10.0 Å². The number of H-pyrrole nitrogens is 1. The molecular weight excluding hydrogens is 472 g/mol. The van der Waals surface area contributed by atoms with Crippen LogP contribution in [0, 0.1) is 0 Å². The molecule has 0 fully saturated rings. The summed E-state index contributed by atoms with van der Waals surface area (Å²) < 4.78 is 34.8. The van der Waals surface area contributed by atoms with Gasteiger partial charge in [0.15, 0.2) is 5.16 Å². The standard InChI is InChI=1S/C24H18N4O4S2/c29-23-20-9-5-4-8-19(20)21(14-22(23)33-24-25-15-26-27-24)28-34(30,31)18-12-10-17(11-13-18)32-16-6-2-1-3-7-16/h1-15,28-29H,(H,25,26,27). The highest BCUT2D eigenvalue weighted by molar-refractivity contribution is 7.99. The Balaban J connectivity index is 1.46. The number of aromatic hydroxyl groups is 1. The van der Waals surface area contributed by atoms with Gasteiger partial charge in [0, 0.05) is 10.8 Å². The zero-order chi connectivity index (χ0) is 23.5. The second-order valence-electron chi connectivity index (χ2n) is 7.20. The van der Waals surface area contributed by atoms with Crippen LogP contribution in [0.2, 0.25) is 0 Å². The van der Waals surface area contributed by atoms with Gasteiger partial charge in [0.1, 0.15) is 23.6 Å². The van der Waals surface area contributed by atoms with Crippen molar-refractivity contribution in [1.82, 2.24) is 15.2 Å². The highest BCUT2D eigenvalue weighted by Gasteiger charge is 2.19. The van der Waals surface area contributed by atoms with Crippen LogP contribution in [0.15, 0.2) is 106 Å². The first-order chi connectivity index (χ1) is 16.5. The fourth-order valence-corrected chi connectivity index (χ4v) is 5.22. The molecule has 10 heteroatoms. The van der Waals surface area contributed by atoms with Crippen molar-refractivity contribution < 1.29 is 18.3 Å². The first-order valence-electron chi connectivity index (χ1n) is 10.1. The number of para-hydroxylation sites is 1. The van der Waals surface area contributed by atoms with Crippen LogP contribution >= 0.6 is 11.8 Å². The molecule has 34 heavy (non-hydrogen) atoms. The van der Waals surface area contributed by atoms with E-state index in [1.54, 1.807) is 42.5 Å². The van der Waals surface area contributed by atoms with Crippen LogP contribution in [0.4, 0.5) is 5.69 Å². The molecule has 4 aromatic carbocycles. The van der Waals surface area contributed by atoms with Gasteiger partial charge in [-0.15, -0.1) is 0 Å². The molecule has 0 saturated carbocycles. The molecule has 3 N–H and O–H groups in total. The van der Waals surface area contributed by atoms with Crippen molar-refractivity contribution in [3.63, 3.8) is 0 Å². The van der Waals surface area contributed by atoms with Gasteiger partial charge in [0.2, 0.25) is 0 Å². The van der Waals surface area contributed by atoms with Crippen molar-refractivity contribution in [2.45, 2.75) is 14.9 Å².